The monoisotopic (exact) mass is 448 g/mol. The van der Waals surface area contributed by atoms with Crippen molar-refractivity contribution in [2.24, 2.45) is 5.41 Å². The number of ether oxygens (including phenoxy) is 1. The first-order valence-corrected chi connectivity index (χ1v) is 9.75. The molecule has 2 atom stereocenters. The molecule has 1 spiro atoms. The molecule has 4 rings (SSSR count). The second-order valence-corrected chi connectivity index (χ2v) is 10.2. The third kappa shape index (κ3) is 2.15. The number of rotatable bonds is 2. The first-order valence-electron chi connectivity index (χ1n) is 8.17. The molecule has 0 aromatic heterocycles. The standard InChI is InChI=1S/C20H18Br2O2/c1-24-15-10-8-14(9-11-15)17-19(20(17,21)22)12-4-6-13-5-2-3-7-16(13)18(19)23/h2-3,5,7-11,17H,4,6,12H2,1H3/t17-,19+/m1/s1. The lowest BCUT2D eigenvalue weighted by molar-refractivity contribution is 0.0890. The number of hydrogen-bond donors (Lipinski definition) is 0. The minimum Gasteiger partial charge on any atom is -0.497 e. The Morgan fingerprint density at radius 3 is 2.50 bits per heavy atom. The van der Waals surface area contributed by atoms with Gasteiger partial charge in [-0.05, 0) is 42.5 Å². The minimum absolute atomic E-state index is 0.120. The average molecular weight is 450 g/mol. The summed E-state index contributed by atoms with van der Waals surface area (Å²) >= 11 is 7.67. The number of ketones is 1. The maximum absolute atomic E-state index is 13.5. The summed E-state index contributed by atoms with van der Waals surface area (Å²) in [4.78, 5) is 13.5. The summed E-state index contributed by atoms with van der Waals surface area (Å²) in [6.45, 7) is 0. The lowest BCUT2D eigenvalue weighted by Gasteiger charge is -2.15. The Balaban J connectivity index is 1.78. The van der Waals surface area contributed by atoms with Crippen molar-refractivity contribution in [3.05, 3.63) is 65.2 Å². The lowest BCUT2D eigenvalue weighted by Crippen LogP contribution is -2.21. The topological polar surface area (TPSA) is 26.3 Å². The number of benzene rings is 2. The van der Waals surface area contributed by atoms with Crippen LogP contribution in [0.2, 0.25) is 0 Å². The normalized spacial score (nSPS) is 27.5. The molecule has 1 saturated carbocycles. The van der Waals surface area contributed by atoms with Gasteiger partial charge in [0.05, 0.1) is 12.5 Å². The molecule has 2 aliphatic rings. The molecule has 4 heteroatoms. The number of methoxy groups -OCH3 is 1. The second-order valence-electron chi connectivity index (χ2n) is 6.64. The molecule has 24 heavy (non-hydrogen) atoms. The Morgan fingerprint density at radius 2 is 1.79 bits per heavy atom. The number of aryl methyl sites for hydroxylation is 1. The molecular formula is C20H18Br2O2. The summed E-state index contributed by atoms with van der Waals surface area (Å²) in [5, 5.41) is 0. The summed E-state index contributed by atoms with van der Waals surface area (Å²) in [5.74, 6) is 1.21. The van der Waals surface area contributed by atoms with Gasteiger partial charge in [-0.15, -0.1) is 0 Å². The van der Waals surface area contributed by atoms with Gasteiger partial charge >= 0.3 is 0 Å². The average Bonchev–Trinajstić information content (AvgIpc) is 3.15. The molecule has 0 unspecified atom stereocenters. The highest BCUT2D eigenvalue weighted by atomic mass is 79.9. The minimum atomic E-state index is -0.422. The zero-order valence-corrected chi connectivity index (χ0v) is 16.6. The zero-order chi connectivity index (χ0) is 16.9. The largest absolute Gasteiger partial charge is 0.497 e. The van der Waals surface area contributed by atoms with Gasteiger partial charge in [-0.2, -0.15) is 0 Å². The van der Waals surface area contributed by atoms with E-state index in [1.165, 1.54) is 5.56 Å². The smallest absolute Gasteiger partial charge is 0.172 e. The lowest BCUT2D eigenvalue weighted by atomic mass is 9.88. The Bertz CT molecular complexity index is 798. The molecular weight excluding hydrogens is 432 g/mol. The van der Waals surface area contributed by atoms with E-state index in [9.17, 15) is 4.79 Å². The fraction of sp³-hybridized carbons (Fsp3) is 0.350. The fourth-order valence-corrected chi connectivity index (χ4v) is 6.51. The van der Waals surface area contributed by atoms with Crippen LogP contribution in [-0.4, -0.2) is 16.1 Å². The number of hydrogen-bond acceptors (Lipinski definition) is 2. The van der Waals surface area contributed by atoms with Crippen LogP contribution in [0.15, 0.2) is 48.5 Å². The highest BCUT2D eigenvalue weighted by molar-refractivity contribution is 9.25. The van der Waals surface area contributed by atoms with Gasteiger partial charge in [0.1, 0.15) is 8.98 Å². The summed E-state index contributed by atoms with van der Waals surface area (Å²) in [6.07, 6.45) is 2.87. The van der Waals surface area contributed by atoms with Gasteiger partial charge in [-0.3, -0.25) is 4.79 Å². The molecule has 1 fully saturated rings. The zero-order valence-electron chi connectivity index (χ0n) is 13.4. The van der Waals surface area contributed by atoms with E-state index in [-0.39, 0.29) is 14.9 Å². The molecule has 124 valence electrons. The number of carbonyl (C=O) groups is 1. The fourth-order valence-electron chi connectivity index (χ4n) is 4.21. The van der Waals surface area contributed by atoms with Crippen LogP contribution in [0.25, 0.3) is 0 Å². The Morgan fingerprint density at radius 1 is 1.08 bits per heavy atom. The van der Waals surface area contributed by atoms with Crippen molar-refractivity contribution in [3.63, 3.8) is 0 Å². The number of carbonyl (C=O) groups excluding carboxylic acids is 1. The first-order chi connectivity index (χ1) is 11.5. The number of fused-ring (bicyclic) bond motifs is 1. The van der Waals surface area contributed by atoms with Gasteiger partial charge < -0.3 is 4.74 Å². The van der Waals surface area contributed by atoms with Gasteiger partial charge in [0.25, 0.3) is 0 Å². The number of Topliss-reactive ketones (excluding diaryl/α,β-unsaturated/α-hetero) is 1. The molecule has 0 radical (unpaired) electrons. The van der Waals surface area contributed by atoms with Crippen molar-refractivity contribution in [1.29, 1.82) is 0 Å². The predicted octanol–water partition coefficient (Wildman–Crippen LogP) is 5.48. The molecule has 0 aliphatic heterocycles. The predicted molar refractivity (Wildman–Crippen MR) is 102 cm³/mol. The van der Waals surface area contributed by atoms with E-state index in [0.717, 1.165) is 36.1 Å². The number of halogens is 2. The van der Waals surface area contributed by atoms with Gasteiger partial charge in [0, 0.05) is 11.5 Å². The Hall–Kier alpha value is -1.13. The first kappa shape index (κ1) is 16.3. The van der Waals surface area contributed by atoms with E-state index >= 15 is 0 Å². The van der Waals surface area contributed by atoms with E-state index in [1.807, 2.05) is 30.3 Å². The van der Waals surface area contributed by atoms with E-state index in [1.54, 1.807) is 7.11 Å². The summed E-state index contributed by atoms with van der Waals surface area (Å²) in [6, 6.07) is 16.1. The molecule has 2 aliphatic carbocycles. The SMILES string of the molecule is COc1ccc([C@H]2C(Br)(Br)[C@@]23CCCc2ccccc2C3=O)cc1. The molecule has 2 aromatic carbocycles. The van der Waals surface area contributed by atoms with Crippen LogP contribution in [-0.2, 0) is 6.42 Å². The Kier molecular flexibility index (Phi) is 3.88. The van der Waals surface area contributed by atoms with Crippen LogP contribution in [0.5, 0.6) is 5.75 Å². The van der Waals surface area contributed by atoms with E-state index < -0.39 is 5.41 Å². The molecule has 0 saturated heterocycles. The molecule has 0 bridgehead atoms. The summed E-state index contributed by atoms with van der Waals surface area (Å²) in [5.41, 5.74) is 2.80. The van der Waals surface area contributed by atoms with E-state index in [0.29, 0.717) is 0 Å². The highest BCUT2D eigenvalue weighted by Crippen LogP contribution is 2.79. The molecule has 2 aromatic rings. The van der Waals surface area contributed by atoms with E-state index in [4.69, 9.17) is 4.74 Å². The van der Waals surface area contributed by atoms with Crippen molar-refractivity contribution in [1.82, 2.24) is 0 Å². The van der Waals surface area contributed by atoms with Crippen LogP contribution in [0.4, 0.5) is 0 Å². The summed E-state index contributed by atoms with van der Waals surface area (Å²) < 4.78 is 4.88. The van der Waals surface area contributed by atoms with Gasteiger partial charge in [0.15, 0.2) is 5.78 Å². The third-order valence-electron chi connectivity index (χ3n) is 5.50. The van der Waals surface area contributed by atoms with Gasteiger partial charge in [0.2, 0.25) is 0 Å². The third-order valence-corrected chi connectivity index (χ3v) is 7.83. The maximum atomic E-state index is 13.5. The quantitative estimate of drug-likeness (QED) is 0.567. The van der Waals surface area contributed by atoms with Gasteiger partial charge in [-0.25, -0.2) is 0 Å². The molecule has 0 heterocycles. The molecule has 0 N–H and O–H groups in total. The van der Waals surface area contributed by atoms with Crippen LogP contribution < -0.4 is 4.74 Å². The maximum Gasteiger partial charge on any atom is 0.172 e. The van der Waals surface area contributed by atoms with Crippen molar-refractivity contribution in [3.8, 4) is 5.75 Å². The van der Waals surface area contributed by atoms with Crippen LogP contribution in [0.1, 0.15) is 40.2 Å². The second kappa shape index (κ2) is 5.70. The number of alkyl halides is 2. The molecule has 0 amide bonds. The summed E-state index contributed by atoms with van der Waals surface area (Å²) in [7, 11) is 1.67. The van der Waals surface area contributed by atoms with Crippen LogP contribution in [0, 0.1) is 5.41 Å². The van der Waals surface area contributed by atoms with Gasteiger partial charge in [-0.1, -0.05) is 68.3 Å². The van der Waals surface area contributed by atoms with Crippen LogP contribution in [0.3, 0.4) is 0 Å². The highest BCUT2D eigenvalue weighted by Gasteiger charge is 2.78. The Labute approximate surface area is 158 Å². The van der Waals surface area contributed by atoms with Crippen molar-refractivity contribution < 1.29 is 9.53 Å². The molecule has 2 nitrogen and oxygen atoms in total. The van der Waals surface area contributed by atoms with Crippen molar-refractivity contribution in [2.75, 3.05) is 7.11 Å². The van der Waals surface area contributed by atoms with Crippen LogP contribution >= 0.6 is 31.9 Å². The van der Waals surface area contributed by atoms with Crippen molar-refractivity contribution in [2.45, 2.75) is 28.4 Å². The van der Waals surface area contributed by atoms with E-state index in [2.05, 4.69) is 50.1 Å². The van der Waals surface area contributed by atoms with Crippen molar-refractivity contribution >= 4 is 37.6 Å².